The highest BCUT2D eigenvalue weighted by molar-refractivity contribution is 5.37. The highest BCUT2D eigenvalue weighted by Crippen LogP contribution is 2.29. The SMILES string of the molecule is CNc1nc(NCCC2CCC2)nc(-n2cccn2)n1. The molecule has 1 saturated carbocycles. The summed E-state index contributed by atoms with van der Waals surface area (Å²) >= 11 is 0. The molecule has 0 aromatic carbocycles. The van der Waals surface area contributed by atoms with Crippen LogP contribution in [0.3, 0.4) is 0 Å². The van der Waals surface area contributed by atoms with Crippen molar-refractivity contribution in [2.75, 3.05) is 24.2 Å². The van der Waals surface area contributed by atoms with E-state index in [4.69, 9.17) is 0 Å². The molecule has 0 amide bonds. The topological polar surface area (TPSA) is 80.5 Å². The van der Waals surface area contributed by atoms with Gasteiger partial charge in [-0.05, 0) is 18.4 Å². The number of rotatable bonds is 6. The molecule has 0 spiro atoms. The molecule has 1 aliphatic rings. The van der Waals surface area contributed by atoms with Crippen LogP contribution in [-0.2, 0) is 0 Å². The molecule has 3 rings (SSSR count). The van der Waals surface area contributed by atoms with Crippen molar-refractivity contribution in [2.45, 2.75) is 25.7 Å². The van der Waals surface area contributed by atoms with Gasteiger partial charge in [0.2, 0.25) is 11.9 Å². The third kappa shape index (κ3) is 2.87. The van der Waals surface area contributed by atoms with Gasteiger partial charge in [-0.3, -0.25) is 0 Å². The summed E-state index contributed by atoms with van der Waals surface area (Å²) < 4.78 is 1.62. The maximum Gasteiger partial charge on any atom is 0.257 e. The van der Waals surface area contributed by atoms with E-state index in [1.165, 1.54) is 25.7 Å². The first-order valence-electron chi connectivity index (χ1n) is 7.03. The fourth-order valence-corrected chi connectivity index (χ4v) is 2.21. The maximum atomic E-state index is 4.39. The predicted molar refractivity (Wildman–Crippen MR) is 76.9 cm³/mol. The van der Waals surface area contributed by atoms with Crippen LogP contribution in [0.2, 0.25) is 0 Å². The molecule has 1 aliphatic carbocycles. The Kier molecular flexibility index (Phi) is 3.76. The standard InChI is InChI=1S/C13H19N7/c1-14-11-17-12(15-8-6-10-4-2-5-10)19-13(18-11)20-9-3-7-16-20/h3,7,9-10H,2,4-6,8H2,1H3,(H2,14,15,17,18,19). The zero-order chi connectivity index (χ0) is 13.8. The van der Waals surface area contributed by atoms with Gasteiger partial charge in [-0.2, -0.15) is 20.1 Å². The van der Waals surface area contributed by atoms with E-state index in [1.807, 2.05) is 12.3 Å². The van der Waals surface area contributed by atoms with Crippen LogP contribution in [0.15, 0.2) is 18.5 Å². The Balaban J connectivity index is 1.70. The van der Waals surface area contributed by atoms with Crippen molar-refractivity contribution in [1.29, 1.82) is 0 Å². The molecular weight excluding hydrogens is 254 g/mol. The molecule has 0 atom stereocenters. The Labute approximate surface area is 117 Å². The van der Waals surface area contributed by atoms with Crippen LogP contribution in [0.5, 0.6) is 0 Å². The van der Waals surface area contributed by atoms with Gasteiger partial charge >= 0.3 is 0 Å². The molecule has 2 heterocycles. The first kappa shape index (κ1) is 12.8. The molecule has 7 nitrogen and oxygen atoms in total. The molecular formula is C13H19N7. The van der Waals surface area contributed by atoms with Crippen LogP contribution < -0.4 is 10.6 Å². The van der Waals surface area contributed by atoms with Gasteiger partial charge in [0, 0.05) is 26.0 Å². The van der Waals surface area contributed by atoms with Gasteiger partial charge in [0.05, 0.1) is 0 Å². The van der Waals surface area contributed by atoms with Crippen molar-refractivity contribution in [3.05, 3.63) is 18.5 Å². The molecule has 2 aromatic rings. The quantitative estimate of drug-likeness (QED) is 0.834. The van der Waals surface area contributed by atoms with Gasteiger partial charge in [-0.15, -0.1) is 0 Å². The molecule has 7 heteroatoms. The van der Waals surface area contributed by atoms with E-state index in [2.05, 4.69) is 30.7 Å². The Hall–Kier alpha value is -2.18. The lowest BCUT2D eigenvalue weighted by Gasteiger charge is -2.25. The summed E-state index contributed by atoms with van der Waals surface area (Å²) in [6.45, 7) is 0.899. The lowest BCUT2D eigenvalue weighted by molar-refractivity contribution is 0.303. The largest absolute Gasteiger partial charge is 0.357 e. The summed E-state index contributed by atoms with van der Waals surface area (Å²) in [5, 5.41) is 10.4. The molecule has 0 saturated heterocycles. The number of anilines is 2. The molecule has 2 aromatic heterocycles. The third-order valence-corrected chi connectivity index (χ3v) is 3.62. The number of nitrogens with one attached hydrogen (secondary N) is 2. The zero-order valence-corrected chi connectivity index (χ0v) is 11.6. The van der Waals surface area contributed by atoms with Gasteiger partial charge in [-0.1, -0.05) is 19.3 Å². The van der Waals surface area contributed by atoms with Gasteiger partial charge in [0.1, 0.15) is 0 Å². The van der Waals surface area contributed by atoms with Crippen LogP contribution in [-0.4, -0.2) is 38.3 Å². The maximum absolute atomic E-state index is 4.39. The summed E-state index contributed by atoms with van der Waals surface area (Å²) in [5.41, 5.74) is 0. The molecule has 0 aliphatic heterocycles. The second kappa shape index (κ2) is 5.85. The zero-order valence-electron chi connectivity index (χ0n) is 11.6. The second-order valence-corrected chi connectivity index (χ2v) is 5.00. The van der Waals surface area contributed by atoms with Crippen LogP contribution in [0.25, 0.3) is 5.95 Å². The minimum atomic E-state index is 0.514. The first-order valence-corrected chi connectivity index (χ1v) is 7.03. The lowest BCUT2D eigenvalue weighted by Crippen LogP contribution is -2.17. The van der Waals surface area contributed by atoms with Crippen LogP contribution in [0.4, 0.5) is 11.9 Å². The van der Waals surface area contributed by atoms with Crippen LogP contribution in [0.1, 0.15) is 25.7 Å². The van der Waals surface area contributed by atoms with Gasteiger partial charge in [0.25, 0.3) is 5.95 Å². The Morgan fingerprint density at radius 2 is 2.10 bits per heavy atom. The minimum Gasteiger partial charge on any atom is -0.357 e. The Morgan fingerprint density at radius 1 is 1.25 bits per heavy atom. The van der Waals surface area contributed by atoms with Gasteiger partial charge in [-0.25, -0.2) is 4.68 Å². The Bertz CT molecular complexity index is 548. The fraction of sp³-hybridized carbons (Fsp3) is 0.538. The molecule has 0 unspecified atom stereocenters. The van der Waals surface area contributed by atoms with Gasteiger partial charge < -0.3 is 10.6 Å². The van der Waals surface area contributed by atoms with Crippen molar-refractivity contribution in [3.8, 4) is 5.95 Å². The summed E-state index contributed by atoms with van der Waals surface area (Å²) in [4.78, 5) is 13.0. The monoisotopic (exact) mass is 273 g/mol. The van der Waals surface area contributed by atoms with Crippen molar-refractivity contribution < 1.29 is 0 Å². The average Bonchev–Trinajstić information content (AvgIpc) is 2.95. The number of nitrogens with zero attached hydrogens (tertiary/aromatic N) is 5. The highest BCUT2D eigenvalue weighted by Gasteiger charge is 2.16. The molecule has 106 valence electrons. The van der Waals surface area contributed by atoms with E-state index in [0.717, 1.165) is 12.5 Å². The number of aromatic nitrogens is 5. The second-order valence-electron chi connectivity index (χ2n) is 5.00. The van der Waals surface area contributed by atoms with E-state index in [1.54, 1.807) is 17.9 Å². The van der Waals surface area contributed by atoms with E-state index >= 15 is 0 Å². The van der Waals surface area contributed by atoms with E-state index in [0.29, 0.717) is 17.8 Å². The smallest absolute Gasteiger partial charge is 0.257 e. The predicted octanol–water partition coefficient (Wildman–Crippen LogP) is 1.70. The van der Waals surface area contributed by atoms with Gasteiger partial charge in [0.15, 0.2) is 0 Å². The summed E-state index contributed by atoms with van der Waals surface area (Å²) in [6.07, 6.45) is 8.79. The van der Waals surface area contributed by atoms with Crippen molar-refractivity contribution in [2.24, 2.45) is 5.92 Å². The number of hydrogen-bond acceptors (Lipinski definition) is 6. The first-order chi connectivity index (χ1) is 9.85. The third-order valence-electron chi connectivity index (χ3n) is 3.62. The number of hydrogen-bond donors (Lipinski definition) is 2. The highest BCUT2D eigenvalue weighted by atomic mass is 15.4. The van der Waals surface area contributed by atoms with E-state index < -0.39 is 0 Å². The summed E-state index contributed by atoms with van der Waals surface area (Å²) in [6, 6.07) is 1.84. The molecule has 0 bridgehead atoms. The molecule has 0 radical (unpaired) electrons. The van der Waals surface area contributed by atoms with Crippen molar-refractivity contribution in [3.63, 3.8) is 0 Å². The van der Waals surface area contributed by atoms with Crippen molar-refractivity contribution in [1.82, 2.24) is 24.7 Å². The molecule has 1 fully saturated rings. The van der Waals surface area contributed by atoms with Crippen molar-refractivity contribution >= 4 is 11.9 Å². The summed E-state index contributed by atoms with van der Waals surface area (Å²) in [7, 11) is 1.79. The van der Waals surface area contributed by atoms with E-state index in [-0.39, 0.29) is 0 Å². The normalized spacial score (nSPS) is 14.8. The average molecular weight is 273 g/mol. The van der Waals surface area contributed by atoms with Crippen LogP contribution >= 0.6 is 0 Å². The molecule has 2 N–H and O–H groups in total. The Morgan fingerprint density at radius 3 is 2.75 bits per heavy atom. The minimum absolute atomic E-state index is 0.514. The summed E-state index contributed by atoms with van der Waals surface area (Å²) in [5.74, 6) is 2.52. The molecule has 20 heavy (non-hydrogen) atoms. The lowest BCUT2D eigenvalue weighted by atomic mass is 9.83. The van der Waals surface area contributed by atoms with E-state index in [9.17, 15) is 0 Å². The fourth-order valence-electron chi connectivity index (χ4n) is 2.21. The van der Waals surface area contributed by atoms with Crippen LogP contribution in [0, 0.1) is 5.92 Å².